The van der Waals surface area contributed by atoms with E-state index in [0.29, 0.717) is 12.3 Å². The Kier molecular flexibility index (Phi) is 3.28. The Hall–Kier alpha value is -2.31. The summed E-state index contributed by atoms with van der Waals surface area (Å²) in [7, 11) is 0. The molecule has 0 amide bonds. The largest absolute Gasteiger partial charge is 0.478 e. The summed E-state index contributed by atoms with van der Waals surface area (Å²) in [4.78, 5) is 11.0. The number of carbonyl (C=O) groups is 1. The van der Waals surface area contributed by atoms with Gasteiger partial charge in [-0.25, -0.2) is 22.4 Å². The summed E-state index contributed by atoms with van der Waals surface area (Å²) in [6, 6.07) is 2.37. The highest BCUT2D eigenvalue weighted by Crippen LogP contribution is 2.34. The number of hydrogen-bond acceptors (Lipinski definition) is 2. The maximum absolute atomic E-state index is 13.5. The van der Waals surface area contributed by atoms with Gasteiger partial charge in [-0.15, -0.1) is 0 Å². The molecule has 0 aliphatic carbocycles. The summed E-state index contributed by atoms with van der Waals surface area (Å²) >= 11 is 0. The van der Waals surface area contributed by atoms with Gasteiger partial charge in [0.1, 0.15) is 17.2 Å². The average Bonchev–Trinajstić information content (AvgIpc) is 2.73. The molecule has 7 heteroatoms. The monoisotopic (exact) mass is 274 g/mol. The molecule has 0 fully saturated rings. The zero-order valence-electron chi connectivity index (χ0n) is 9.16. The van der Waals surface area contributed by atoms with E-state index in [0.717, 1.165) is 12.1 Å². The van der Waals surface area contributed by atoms with Gasteiger partial charge in [-0.1, -0.05) is 0 Å². The van der Waals surface area contributed by atoms with Crippen LogP contribution in [0.1, 0.15) is 22.5 Å². The molecule has 0 atom stereocenters. The van der Waals surface area contributed by atoms with E-state index in [2.05, 4.69) is 4.42 Å². The summed E-state index contributed by atoms with van der Waals surface area (Å²) in [5.41, 5.74) is -1.52. The quantitative estimate of drug-likeness (QED) is 0.864. The number of carboxylic acids is 1. The number of hydrogen-bond donors (Lipinski definition) is 1. The van der Waals surface area contributed by atoms with Gasteiger partial charge in [-0.3, -0.25) is 0 Å². The van der Waals surface area contributed by atoms with Crippen LogP contribution in [-0.4, -0.2) is 11.1 Å². The van der Waals surface area contributed by atoms with Crippen LogP contribution in [-0.2, 0) is 0 Å². The fourth-order valence-corrected chi connectivity index (χ4v) is 1.66. The van der Waals surface area contributed by atoms with Crippen LogP contribution in [0.2, 0.25) is 0 Å². The molecule has 100 valence electrons. The smallest absolute Gasteiger partial charge is 0.340 e. The summed E-state index contributed by atoms with van der Waals surface area (Å²) < 4.78 is 55.9. The van der Waals surface area contributed by atoms with Crippen molar-refractivity contribution in [2.24, 2.45) is 0 Å². The van der Waals surface area contributed by atoms with Gasteiger partial charge in [-0.05, 0) is 12.1 Å². The van der Waals surface area contributed by atoms with Crippen LogP contribution in [0.4, 0.5) is 17.6 Å². The van der Waals surface area contributed by atoms with Gasteiger partial charge >= 0.3 is 5.97 Å². The van der Waals surface area contributed by atoms with E-state index < -0.39 is 35.4 Å². The predicted octanol–water partition coefficient (Wildman–Crippen LogP) is 3.86. The van der Waals surface area contributed by atoms with Gasteiger partial charge in [0.25, 0.3) is 6.43 Å². The molecular formula is C12H6F4O3. The lowest BCUT2D eigenvalue weighted by Gasteiger charge is -2.03. The molecule has 0 radical (unpaired) electrons. The molecule has 0 aliphatic rings. The second kappa shape index (κ2) is 4.75. The second-order valence-electron chi connectivity index (χ2n) is 3.62. The Balaban J connectivity index is 2.66. The number of carboxylic acid groups (broad SMARTS) is 1. The van der Waals surface area contributed by atoms with Gasteiger partial charge in [0.15, 0.2) is 5.76 Å². The van der Waals surface area contributed by atoms with Gasteiger partial charge in [0, 0.05) is 17.2 Å². The summed E-state index contributed by atoms with van der Waals surface area (Å²) in [6.45, 7) is 0. The minimum Gasteiger partial charge on any atom is -0.478 e. The summed E-state index contributed by atoms with van der Waals surface area (Å²) in [5, 5.41) is 8.90. The van der Waals surface area contributed by atoms with Crippen LogP contribution < -0.4 is 0 Å². The first-order valence-electron chi connectivity index (χ1n) is 5.00. The van der Waals surface area contributed by atoms with Crippen LogP contribution >= 0.6 is 0 Å². The first-order valence-corrected chi connectivity index (χ1v) is 5.00. The van der Waals surface area contributed by atoms with Crippen molar-refractivity contribution in [2.45, 2.75) is 6.43 Å². The van der Waals surface area contributed by atoms with Gasteiger partial charge in [0.05, 0.1) is 6.26 Å². The van der Waals surface area contributed by atoms with E-state index in [1.54, 1.807) is 0 Å². The Morgan fingerprint density at radius 2 is 1.89 bits per heavy atom. The van der Waals surface area contributed by atoms with Gasteiger partial charge < -0.3 is 9.52 Å². The summed E-state index contributed by atoms with van der Waals surface area (Å²) in [5.74, 6) is -4.67. The van der Waals surface area contributed by atoms with Crippen LogP contribution in [0, 0.1) is 11.6 Å². The Morgan fingerprint density at radius 1 is 1.21 bits per heavy atom. The van der Waals surface area contributed by atoms with E-state index >= 15 is 0 Å². The summed E-state index contributed by atoms with van der Waals surface area (Å²) in [6.07, 6.45) is -2.44. The van der Waals surface area contributed by atoms with Crippen molar-refractivity contribution in [2.75, 3.05) is 0 Å². The Bertz CT molecular complexity index is 634. The molecule has 19 heavy (non-hydrogen) atoms. The number of rotatable bonds is 3. The molecule has 0 spiro atoms. The topological polar surface area (TPSA) is 50.4 Å². The predicted molar refractivity (Wildman–Crippen MR) is 56.0 cm³/mol. The zero-order valence-corrected chi connectivity index (χ0v) is 9.16. The van der Waals surface area contributed by atoms with E-state index in [1.165, 1.54) is 0 Å². The standard InChI is InChI=1S/C12H6F4O3/c13-5-1-2-6(8(14)3-5)7-4-19-10(11(15)16)9(7)12(17)18/h1-4,11H,(H,17,18). The van der Waals surface area contributed by atoms with Crippen molar-refractivity contribution in [3.8, 4) is 11.1 Å². The average molecular weight is 274 g/mol. The lowest BCUT2D eigenvalue weighted by Crippen LogP contribution is -2.02. The molecular weight excluding hydrogens is 268 g/mol. The molecule has 2 rings (SSSR count). The molecule has 1 aromatic heterocycles. The molecule has 0 saturated carbocycles. The van der Waals surface area contributed by atoms with Crippen molar-refractivity contribution in [1.82, 2.24) is 0 Å². The van der Waals surface area contributed by atoms with Crippen molar-refractivity contribution in [3.63, 3.8) is 0 Å². The molecule has 0 saturated heterocycles. The second-order valence-corrected chi connectivity index (χ2v) is 3.62. The maximum Gasteiger partial charge on any atom is 0.340 e. The third-order valence-electron chi connectivity index (χ3n) is 2.45. The molecule has 1 N–H and O–H groups in total. The van der Waals surface area contributed by atoms with E-state index in [-0.39, 0.29) is 11.1 Å². The molecule has 1 aromatic carbocycles. The number of furan rings is 1. The van der Waals surface area contributed by atoms with Crippen molar-refractivity contribution in [3.05, 3.63) is 47.4 Å². The van der Waals surface area contributed by atoms with Crippen LogP contribution in [0.25, 0.3) is 11.1 Å². The third kappa shape index (κ3) is 2.31. The van der Waals surface area contributed by atoms with Gasteiger partial charge in [-0.2, -0.15) is 0 Å². The molecule has 3 nitrogen and oxygen atoms in total. The molecule has 0 unspecified atom stereocenters. The number of alkyl halides is 2. The van der Waals surface area contributed by atoms with Crippen LogP contribution in [0.5, 0.6) is 0 Å². The highest BCUT2D eigenvalue weighted by atomic mass is 19.3. The van der Waals surface area contributed by atoms with Crippen molar-refractivity contribution >= 4 is 5.97 Å². The lowest BCUT2D eigenvalue weighted by molar-refractivity contribution is 0.0674. The number of aromatic carboxylic acids is 1. The molecule has 1 heterocycles. The lowest BCUT2D eigenvalue weighted by atomic mass is 10.0. The molecule has 2 aromatic rings. The number of benzene rings is 1. The first kappa shape index (κ1) is 13.1. The van der Waals surface area contributed by atoms with Crippen LogP contribution in [0.15, 0.2) is 28.9 Å². The molecule has 0 aliphatic heterocycles. The fraction of sp³-hybridized carbons (Fsp3) is 0.0833. The fourth-order valence-electron chi connectivity index (χ4n) is 1.66. The highest BCUT2D eigenvalue weighted by molar-refractivity contribution is 5.97. The van der Waals surface area contributed by atoms with E-state index in [9.17, 15) is 22.4 Å². The zero-order chi connectivity index (χ0) is 14.2. The minimum absolute atomic E-state index is 0.325. The van der Waals surface area contributed by atoms with Crippen LogP contribution in [0.3, 0.4) is 0 Å². The molecule has 0 bridgehead atoms. The van der Waals surface area contributed by atoms with E-state index in [4.69, 9.17) is 5.11 Å². The maximum atomic E-state index is 13.5. The Labute approximate surface area is 104 Å². The van der Waals surface area contributed by atoms with Gasteiger partial charge in [0.2, 0.25) is 0 Å². The highest BCUT2D eigenvalue weighted by Gasteiger charge is 2.28. The van der Waals surface area contributed by atoms with Crippen molar-refractivity contribution in [1.29, 1.82) is 0 Å². The van der Waals surface area contributed by atoms with E-state index in [1.807, 2.05) is 0 Å². The third-order valence-corrected chi connectivity index (χ3v) is 2.45. The SMILES string of the molecule is O=C(O)c1c(-c2ccc(F)cc2F)coc1C(F)F. The number of halogens is 4. The normalized spacial score (nSPS) is 11.0. The van der Waals surface area contributed by atoms with Crippen molar-refractivity contribution < 1.29 is 31.9 Å². The minimum atomic E-state index is -3.15. The first-order chi connectivity index (χ1) is 8.91. The Morgan fingerprint density at radius 3 is 2.42 bits per heavy atom.